The summed E-state index contributed by atoms with van der Waals surface area (Å²) in [4.78, 5) is 0. The highest BCUT2D eigenvalue weighted by atomic mass is 16.3. The van der Waals surface area contributed by atoms with Crippen LogP contribution in [0.15, 0.2) is 24.3 Å². The van der Waals surface area contributed by atoms with Gasteiger partial charge in [0, 0.05) is 0 Å². The van der Waals surface area contributed by atoms with Gasteiger partial charge in [0.05, 0.1) is 6.61 Å². The molecule has 0 fully saturated rings. The van der Waals surface area contributed by atoms with E-state index in [0.29, 0.717) is 0 Å². The lowest BCUT2D eigenvalue weighted by molar-refractivity contribution is 0.280. The van der Waals surface area contributed by atoms with Gasteiger partial charge in [-0.25, -0.2) is 0 Å². The van der Waals surface area contributed by atoms with Gasteiger partial charge in [-0.1, -0.05) is 45.0 Å². The lowest BCUT2D eigenvalue weighted by Gasteiger charge is -2.01. The molecule has 68 valence electrons. The van der Waals surface area contributed by atoms with Crippen LogP contribution in [0.2, 0.25) is 0 Å². The van der Waals surface area contributed by atoms with Crippen LogP contribution in [0.25, 0.3) is 0 Å². The van der Waals surface area contributed by atoms with E-state index in [9.17, 15) is 0 Å². The van der Waals surface area contributed by atoms with E-state index < -0.39 is 0 Å². The Morgan fingerprint density at radius 2 is 1.58 bits per heavy atom. The van der Waals surface area contributed by atoms with Gasteiger partial charge in [0.15, 0.2) is 0 Å². The summed E-state index contributed by atoms with van der Waals surface area (Å²) in [5.74, 6) is 0. The Labute approximate surface area is 75.1 Å². The second kappa shape index (κ2) is 6.86. The van der Waals surface area contributed by atoms with E-state index in [0.717, 1.165) is 12.0 Å². The van der Waals surface area contributed by atoms with Gasteiger partial charge in [0.2, 0.25) is 0 Å². The molecular formula is C11H18O. The summed E-state index contributed by atoms with van der Waals surface area (Å²) >= 11 is 0. The zero-order valence-corrected chi connectivity index (χ0v) is 8.17. The van der Waals surface area contributed by atoms with Crippen molar-refractivity contribution in [1.29, 1.82) is 0 Å². The lowest BCUT2D eigenvalue weighted by Crippen LogP contribution is -1.90. The van der Waals surface area contributed by atoms with Crippen LogP contribution in [-0.4, -0.2) is 5.11 Å². The Kier molecular flexibility index (Phi) is 6.39. The zero-order chi connectivity index (χ0) is 9.40. The maximum absolute atomic E-state index is 8.85. The summed E-state index contributed by atoms with van der Waals surface area (Å²) in [5.41, 5.74) is 2.29. The predicted molar refractivity (Wildman–Crippen MR) is 53.1 cm³/mol. The standard InChI is InChI=1S/C9H12O.C2H6/c1-2-8-5-3-4-6-9(8)7-10;1-2/h3-6,10H,2,7H2,1H3;1-2H3. The summed E-state index contributed by atoms with van der Waals surface area (Å²) in [5, 5.41) is 8.85. The topological polar surface area (TPSA) is 20.2 Å². The number of rotatable bonds is 2. The van der Waals surface area contributed by atoms with Crippen LogP contribution >= 0.6 is 0 Å². The van der Waals surface area contributed by atoms with Gasteiger partial charge in [-0.05, 0) is 17.5 Å². The normalized spacial score (nSPS) is 8.67. The molecule has 0 aliphatic carbocycles. The second-order valence-corrected chi connectivity index (χ2v) is 2.28. The lowest BCUT2D eigenvalue weighted by atomic mass is 10.1. The Morgan fingerprint density at radius 3 is 1.92 bits per heavy atom. The van der Waals surface area contributed by atoms with Crippen LogP contribution in [0, 0.1) is 0 Å². The molecule has 0 aliphatic heterocycles. The maximum Gasteiger partial charge on any atom is 0.0684 e. The van der Waals surface area contributed by atoms with Crippen molar-refractivity contribution in [3.8, 4) is 0 Å². The number of benzene rings is 1. The smallest absolute Gasteiger partial charge is 0.0684 e. The molecule has 1 rings (SSSR count). The number of aliphatic hydroxyl groups is 1. The SMILES string of the molecule is CC.CCc1ccccc1CO. The van der Waals surface area contributed by atoms with Gasteiger partial charge >= 0.3 is 0 Å². The first-order valence-corrected chi connectivity index (χ1v) is 4.56. The summed E-state index contributed by atoms with van der Waals surface area (Å²) in [6.07, 6.45) is 0.997. The molecule has 0 atom stereocenters. The molecule has 12 heavy (non-hydrogen) atoms. The first-order chi connectivity index (χ1) is 5.88. The number of aryl methyl sites for hydroxylation is 1. The number of hydrogen-bond acceptors (Lipinski definition) is 1. The molecule has 1 heteroatoms. The van der Waals surface area contributed by atoms with Crippen LogP contribution in [0.1, 0.15) is 31.9 Å². The quantitative estimate of drug-likeness (QED) is 0.716. The molecule has 1 aromatic carbocycles. The highest BCUT2D eigenvalue weighted by Crippen LogP contribution is 2.08. The van der Waals surface area contributed by atoms with Gasteiger partial charge in [0.1, 0.15) is 0 Å². The fourth-order valence-corrected chi connectivity index (χ4v) is 1.06. The van der Waals surface area contributed by atoms with Crippen molar-refractivity contribution in [2.75, 3.05) is 0 Å². The van der Waals surface area contributed by atoms with Crippen LogP contribution in [0.3, 0.4) is 0 Å². The maximum atomic E-state index is 8.85. The molecule has 0 radical (unpaired) electrons. The van der Waals surface area contributed by atoms with Crippen LogP contribution < -0.4 is 0 Å². The molecule has 1 N–H and O–H groups in total. The largest absolute Gasteiger partial charge is 0.392 e. The third-order valence-corrected chi connectivity index (χ3v) is 1.67. The molecule has 0 heterocycles. The van der Waals surface area contributed by atoms with Crippen molar-refractivity contribution in [2.24, 2.45) is 0 Å². The number of hydrogen-bond donors (Lipinski definition) is 1. The summed E-state index contributed by atoms with van der Waals surface area (Å²) in [7, 11) is 0. The Hall–Kier alpha value is -0.820. The average Bonchev–Trinajstić information content (AvgIpc) is 2.20. The van der Waals surface area contributed by atoms with Crippen molar-refractivity contribution in [3.63, 3.8) is 0 Å². The Morgan fingerprint density at radius 1 is 1.08 bits per heavy atom. The molecule has 0 amide bonds. The van der Waals surface area contributed by atoms with E-state index in [4.69, 9.17) is 5.11 Å². The van der Waals surface area contributed by atoms with Crippen LogP contribution in [0.5, 0.6) is 0 Å². The molecule has 0 saturated carbocycles. The Balaban J connectivity index is 0.000000561. The van der Waals surface area contributed by atoms with Crippen molar-refractivity contribution in [3.05, 3.63) is 35.4 Å². The van der Waals surface area contributed by atoms with Crippen LogP contribution in [0.4, 0.5) is 0 Å². The highest BCUT2D eigenvalue weighted by molar-refractivity contribution is 5.25. The van der Waals surface area contributed by atoms with E-state index in [1.54, 1.807) is 0 Å². The first-order valence-electron chi connectivity index (χ1n) is 4.56. The number of aliphatic hydroxyl groups excluding tert-OH is 1. The van der Waals surface area contributed by atoms with Crippen LogP contribution in [-0.2, 0) is 13.0 Å². The van der Waals surface area contributed by atoms with E-state index in [1.807, 2.05) is 38.1 Å². The average molecular weight is 166 g/mol. The van der Waals surface area contributed by atoms with Gasteiger partial charge < -0.3 is 5.11 Å². The molecule has 0 spiro atoms. The molecule has 0 aromatic heterocycles. The molecule has 1 nitrogen and oxygen atoms in total. The minimum Gasteiger partial charge on any atom is -0.392 e. The molecular weight excluding hydrogens is 148 g/mol. The zero-order valence-electron chi connectivity index (χ0n) is 8.17. The minimum atomic E-state index is 0.157. The highest BCUT2D eigenvalue weighted by Gasteiger charge is 1.94. The van der Waals surface area contributed by atoms with E-state index in [2.05, 4.69) is 6.92 Å². The van der Waals surface area contributed by atoms with Gasteiger partial charge in [-0.3, -0.25) is 0 Å². The van der Waals surface area contributed by atoms with E-state index >= 15 is 0 Å². The van der Waals surface area contributed by atoms with Crippen molar-refractivity contribution in [2.45, 2.75) is 33.8 Å². The summed E-state index contributed by atoms with van der Waals surface area (Å²) in [6.45, 7) is 6.25. The fourth-order valence-electron chi connectivity index (χ4n) is 1.06. The fraction of sp³-hybridized carbons (Fsp3) is 0.455. The van der Waals surface area contributed by atoms with Gasteiger partial charge in [-0.15, -0.1) is 0 Å². The van der Waals surface area contributed by atoms with Gasteiger partial charge in [0.25, 0.3) is 0 Å². The predicted octanol–water partition coefficient (Wildman–Crippen LogP) is 2.77. The summed E-state index contributed by atoms with van der Waals surface area (Å²) in [6, 6.07) is 7.95. The Bertz CT molecular complexity index is 183. The third-order valence-electron chi connectivity index (χ3n) is 1.67. The molecule has 0 aliphatic rings. The van der Waals surface area contributed by atoms with Gasteiger partial charge in [-0.2, -0.15) is 0 Å². The van der Waals surface area contributed by atoms with Crippen molar-refractivity contribution >= 4 is 0 Å². The monoisotopic (exact) mass is 166 g/mol. The third kappa shape index (κ3) is 3.05. The molecule has 0 bridgehead atoms. The van der Waals surface area contributed by atoms with E-state index in [-0.39, 0.29) is 6.61 Å². The molecule has 0 saturated heterocycles. The molecule has 1 aromatic rings. The summed E-state index contributed by atoms with van der Waals surface area (Å²) < 4.78 is 0. The second-order valence-electron chi connectivity index (χ2n) is 2.28. The van der Waals surface area contributed by atoms with Crippen molar-refractivity contribution in [1.82, 2.24) is 0 Å². The minimum absolute atomic E-state index is 0.157. The first kappa shape index (κ1) is 11.2. The van der Waals surface area contributed by atoms with E-state index in [1.165, 1.54) is 5.56 Å². The van der Waals surface area contributed by atoms with Crippen molar-refractivity contribution < 1.29 is 5.11 Å². The molecule has 0 unspecified atom stereocenters.